The molecule has 2 aromatic carbocycles. The van der Waals surface area contributed by atoms with Crippen LogP contribution in [0.25, 0.3) is 0 Å². The summed E-state index contributed by atoms with van der Waals surface area (Å²) in [5.41, 5.74) is 1.03. The summed E-state index contributed by atoms with van der Waals surface area (Å²) in [5, 5.41) is 21.6. The van der Waals surface area contributed by atoms with E-state index in [-0.39, 0.29) is 11.3 Å². The van der Waals surface area contributed by atoms with Gasteiger partial charge in [-0.3, -0.25) is 0 Å². The van der Waals surface area contributed by atoms with Crippen molar-refractivity contribution in [3.05, 3.63) is 54.1 Å². The van der Waals surface area contributed by atoms with Gasteiger partial charge in [0.05, 0.1) is 5.69 Å². The van der Waals surface area contributed by atoms with E-state index in [1.54, 1.807) is 12.1 Å². The molecule has 0 aliphatic carbocycles. The average molecular weight is 229 g/mol. The van der Waals surface area contributed by atoms with E-state index in [1.807, 2.05) is 30.3 Å². The summed E-state index contributed by atoms with van der Waals surface area (Å²) in [6.45, 7) is 0. The van der Waals surface area contributed by atoms with Crippen molar-refractivity contribution in [2.75, 3.05) is 5.32 Å². The summed E-state index contributed by atoms with van der Waals surface area (Å²) in [4.78, 5) is 10.8. The Balaban J connectivity index is 2.34. The van der Waals surface area contributed by atoms with Crippen LogP contribution in [0.3, 0.4) is 0 Å². The van der Waals surface area contributed by atoms with Gasteiger partial charge in [0.2, 0.25) is 0 Å². The Bertz CT molecular complexity index is 538. The molecule has 4 heteroatoms. The molecule has 2 aromatic rings. The number of rotatable bonds is 3. The van der Waals surface area contributed by atoms with E-state index in [4.69, 9.17) is 5.11 Å². The second kappa shape index (κ2) is 4.57. The van der Waals surface area contributed by atoms with Crippen molar-refractivity contribution >= 4 is 17.3 Å². The maximum absolute atomic E-state index is 10.8. The summed E-state index contributed by atoms with van der Waals surface area (Å²) in [7, 11) is 0. The van der Waals surface area contributed by atoms with Crippen LogP contribution in [0.2, 0.25) is 0 Å². The van der Waals surface area contributed by atoms with Gasteiger partial charge in [-0.1, -0.05) is 24.3 Å². The maximum Gasteiger partial charge on any atom is 0.339 e. The Kier molecular flexibility index (Phi) is 2.96. The molecule has 86 valence electrons. The number of benzene rings is 2. The van der Waals surface area contributed by atoms with Gasteiger partial charge in [0, 0.05) is 5.69 Å². The largest absolute Gasteiger partial charge is 0.505 e. The van der Waals surface area contributed by atoms with Crippen LogP contribution in [0.15, 0.2) is 48.5 Å². The number of aromatic carboxylic acids is 1. The Labute approximate surface area is 98.2 Å². The summed E-state index contributed by atoms with van der Waals surface area (Å²) >= 11 is 0. The Hall–Kier alpha value is -2.49. The minimum Gasteiger partial charge on any atom is -0.505 e. The number of hydrogen-bond donors (Lipinski definition) is 3. The van der Waals surface area contributed by atoms with Crippen molar-refractivity contribution in [2.45, 2.75) is 0 Å². The lowest BCUT2D eigenvalue weighted by atomic mass is 10.1. The predicted molar refractivity (Wildman–Crippen MR) is 64.8 cm³/mol. The third-order valence-electron chi connectivity index (χ3n) is 2.32. The van der Waals surface area contributed by atoms with Crippen LogP contribution < -0.4 is 5.32 Å². The second-order valence-electron chi connectivity index (χ2n) is 3.50. The molecule has 0 unspecified atom stereocenters. The fraction of sp³-hybridized carbons (Fsp3) is 0. The van der Waals surface area contributed by atoms with Crippen LogP contribution in [0.1, 0.15) is 10.4 Å². The van der Waals surface area contributed by atoms with Crippen molar-refractivity contribution in [2.24, 2.45) is 0 Å². The van der Waals surface area contributed by atoms with E-state index in [0.29, 0.717) is 5.69 Å². The number of carboxylic acid groups (broad SMARTS) is 1. The van der Waals surface area contributed by atoms with Crippen molar-refractivity contribution in [1.29, 1.82) is 0 Å². The van der Waals surface area contributed by atoms with Gasteiger partial charge in [-0.15, -0.1) is 0 Å². The van der Waals surface area contributed by atoms with Gasteiger partial charge >= 0.3 is 5.97 Å². The number of anilines is 2. The van der Waals surface area contributed by atoms with E-state index in [0.717, 1.165) is 5.69 Å². The highest BCUT2D eigenvalue weighted by molar-refractivity contribution is 5.93. The monoisotopic (exact) mass is 229 g/mol. The van der Waals surface area contributed by atoms with Gasteiger partial charge in [-0.2, -0.15) is 0 Å². The predicted octanol–water partition coefficient (Wildman–Crippen LogP) is 2.83. The lowest BCUT2D eigenvalue weighted by Gasteiger charge is -2.09. The van der Waals surface area contributed by atoms with E-state index >= 15 is 0 Å². The minimum atomic E-state index is -1.15. The molecule has 17 heavy (non-hydrogen) atoms. The zero-order valence-electron chi connectivity index (χ0n) is 8.92. The van der Waals surface area contributed by atoms with Crippen LogP contribution in [0, 0.1) is 0 Å². The zero-order valence-corrected chi connectivity index (χ0v) is 8.92. The van der Waals surface area contributed by atoms with Crippen molar-refractivity contribution < 1.29 is 15.0 Å². The number of para-hydroxylation sites is 2. The number of hydrogen-bond acceptors (Lipinski definition) is 3. The van der Waals surface area contributed by atoms with Crippen LogP contribution in [-0.4, -0.2) is 16.2 Å². The van der Waals surface area contributed by atoms with Gasteiger partial charge in [0.15, 0.2) is 5.75 Å². The topological polar surface area (TPSA) is 69.6 Å². The fourth-order valence-corrected chi connectivity index (χ4v) is 1.49. The molecule has 4 nitrogen and oxygen atoms in total. The standard InChI is InChI=1S/C13H11NO3/c15-12-10(13(16)17)7-4-8-11(12)14-9-5-2-1-3-6-9/h1-8,14-15H,(H,16,17). The first kappa shape index (κ1) is 11.0. The van der Waals surface area contributed by atoms with Gasteiger partial charge in [0.1, 0.15) is 5.56 Å². The molecule has 0 aliphatic heterocycles. The molecule has 0 radical (unpaired) electrons. The molecule has 2 rings (SSSR count). The Morgan fingerprint density at radius 2 is 1.71 bits per heavy atom. The molecule has 0 aromatic heterocycles. The van der Waals surface area contributed by atoms with Crippen LogP contribution in [0.5, 0.6) is 5.75 Å². The van der Waals surface area contributed by atoms with Crippen LogP contribution in [-0.2, 0) is 0 Å². The summed E-state index contributed by atoms with van der Waals surface area (Å²) in [5.74, 6) is -1.41. The second-order valence-corrected chi connectivity index (χ2v) is 3.50. The summed E-state index contributed by atoms with van der Waals surface area (Å²) in [6.07, 6.45) is 0. The van der Waals surface area contributed by atoms with E-state index in [9.17, 15) is 9.90 Å². The average Bonchev–Trinajstić information content (AvgIpc) is 2.33. The first-order valence-corrected chi connectivity index (χ1v) is 5.06. The summed E-state index contributed by atoms with van der Waals surface area (Å²) in [6, 6.07) is 13.8. The van der Waals surface area contributed by atoms with Gasteiger partial charge in [-0.25, -0.2) is 4.79 Å². The van der Waals surface area contributed by atoms with Crippen LogP contribution in [0.4, 0.5) is 11.4 Å². The van der Waals surface area contributed by atoms with Gasteiger partial charge in [-0.05, 0) is 24.3 Å². The molecule has 0 heterocycles. The normalized spacial score (nSPS) is 9.88. The number of nitrogens with one attached hydrogen (secondary N) is 1. The minimum absolute atomic E-state index is 0.120. The lowest BCUT2D eigenvalue weighted by molar-refractivity contribution is 0.0694. The number of phenols is 1. The van der Waals surface area contributed by atoms with E-state index < -0.39 is 5.97 Å². The SMILES string of the molecule is O=C(O)c1cccc(Nc2ccccc2)c1O. The Morgan fingerprint density at radius 1 is 1.00 bits per heavy atom. The molecule has 0 amide bonds. The number of aromatic hydroxyl groups is 1. The highest BCUT2D eigenvalue weighted by Crippen LogP contribution is 2.29. The highest BCUT2D eigenvalue weighted by atomic mass is 16.4. The molecule has 0 aliphatic rings. The molecule has 0 fully saturated rings. The van der Waals surface area contributed by atoms with Crippen molar-refractivity contribution in [3.8, 4) is 5.75 Å². The van der Waals surface area contributed by atoms with E-state index in [2.05, 4.69) is 5.32 Å². The van der Waals surface area contributed by atoms with E-state index in [1.165, 1.54) is 6.07 Å². The number of carboxylic acids is 1. The molecule has 0 spiro atoms. The molecular formula is C13H11NO3. The van der Waals surface area contributed by atoms with Crippen molar-refractivity contribution in [1.82, 2.24) is 0 Å². The zero-order chi connectivity index (χ0) is 12.3. The van der Waals surface area contributed by atoms with Crippen molar-refractivity contribution in [3.63, 3.8) is 0 Å². The first-order valence-electron chi connectivity index (χ1n) is 5.06. The number of carbonyl (C=O) groups is 1. The van der Waals surface area contributed by atoms with Gasteiger partial charge < -0.3 is 15.5 Å². The molecule has 3 N–H and O–H groups in total. The maximum atomic E-state index is 10.8. The summed E-state index contributed by atoms with van der Waals surface area (Å²) < 4.78 is 0. The molecule has 0 atom stereocenters. The third-order valence-corrected chi connectivity index (χ3v) is 2.32. The van der Waals surface area contributed by atoms with Gasteiger partial charge in [0.25, 0.3) is 0 Å². The molecule has 0 saturated carbocycles. The quantitative estimate of drug-likeness (QED) is 0.708. The van der Waals surface area contributed by atoms with Crippen LogP contribution >= 0.6 is 0 Å². The smallest absolute Gasteiger partial charge is 0.339 e. The molecule has 0 saturated heterocycles. The molecular weight excluding hydrogens is 218 g/mol. The highest BCUT2D eigenvalue weighted by Gasteiger charge is 2.12. The lowest BCUT2D eigenvalue weighted by Crippen LogP contribution is -1.99. The first-order chi connectivity index (χ1) is 8.18. The third kappa shape index (κ3) is 2.36. The molecule has 0 bridgehead atoms. The fourth-order valence-electron chi connectivity index (χ4n) is 1.49. The Morgan fingerprint density at radius 3 is 2.35 bits per heavy atom.